The highest BCUT2D eigenvalue weighted by Crippen LogP contribution is 2.18. The van der Waals surface area contributed by atoms with Crippen molar-refractivity contribution in [2.75, 3.05) is 6.54 Å². The normalized spacial score (nSPS) is 30.2. The zero-order valence-electron chi connectivity index (χ0n) is 9.63. The second kappa shape index (κ2) is 6.41. The molecule has 1 aliphatic carbocycles. The van der Waals surface area contributed by atoms with Gasteiger partial charge in [0.05, 0.1) is 6.10 Å². The Morgan fingerprint density at radius 2 is 2.07 bits per heavy atom. The van der Waals surface area contributed by atoms with Crippen LogP contribution in [-0.2, 0) is 0 Å². The molecule has 3 atom stereocenters. The lowest BCUT2D eigenvalue weighted by atomic mass is 9.92. The average molecular weight is 199 g/mol. The molecule has 0 spiro atoms. The van der Waals surface area contributed by atoms with E-state index in [1.54, 1.807) is 0 Å². The molecule has 0 amide bonds. The van der Waals surface area contributed by atoms with E-state index in [0.717, 1.165) is 25.3 Å². The molecule has 2 N–H and O–H groups in total. The number of hydrogen-bond donors (Lipinski definition) is 2. The molecule has 84 valence electrons. The van der Waals surface area contributed by atoms with Crippen molar-refractivity contribution < 1.29 is 5.11 Å². The van der Waals surface area contributed by atoms with Crippen molar-refractivity contribution in [2.24, 2.45) is 5.92 Å². The van der Waals surface area contributed by atoms with E-state index in [1.807, 2.05) is 0 Å². The molecule has 1 saturated carbocycles. The summed E-state index contributed by atoms with van der Waals surface area (Å²) in [5.41, 5.74) is 0. The Balaban J connectivity index is 2.15. The summed E-state index contributed by atoms with van der Waals surface area (Å²) >= 11 is 0. The zero-order valence-corrected chi connectivity index (χ0v) is 9.63. The van der Waals surface area contributed by atoms with Gasteiger partial charge in [-0.25, -0.2) is 0 Å². The standard InChI is InChI=1S/C12H25NO/c1-3-6-10(2)9-13-11-7-4-5-8-12(11)14/h10-14H,3-9H2,1-2H3/t10-,11-,12-/m0/s1. The van der Waals surface area contributed by atoms with Crippen molar-refractivity contribution in [3.63, 3.8) is 0 Å². The van der Waals surface area contributed by atoms with E-state index in [4.69, 9.17) is 0 Å². The maximum Gasteiger partial charge on any atom is 0.0693 e. The van der Waals surface area contributed by atoms with Gasteiger partial charge in [0.2, 0.25) is 0 Å². The van der Waals surface area contributed by atoms with Gasteiger partial charge in [0, 0.05) is 6.04 Å². The first kappa shape index (κ1) is 12.0. The topological polar surface area (TPSA) is 32.3 Å². The third-order valence-corrected chi connectivity index (χ3v) is 3.24. The molecule has 0 aliphatic heterocycles. The fourth-order valence-corrected chi connectivity index (χ4v) is 2.30. The fraction of sp³-hybridized carbons (Fsp3) is 1.00. The highest BCUT2D eigenvalue weighted by atomic mass is 16.3. The summed E-state index contributed by atoms with van der Waals surface area (Å²) in [6.07, 6.45) is 7.06. The molecular formula is C12H25NO. The van der Waals surface area contributed by atoms with E-state index in [2.05, 4.69) is 19.2 Å². The Morgan fingerprint density at radius 3 is 2.71 bits per heavy atom. The molecule has 1 rings (SSSR count). The molecule has 0 aromatic heterocycles. The van der Waals surface area contributed by atoms with Crippen LogP contribution in [-0.4, -0.2) is 23.8 Å². The van der Waals surface area contributed by atoms with Crippen LogP contribution in [0.1, 0.15) is 52.4 Å². The van der Waals surface area contributed by atoms with E-state index in [0.29, 0.717) is 6.04 Å². The van der Waals surface area contributed by atoms with Crippen molar-refractivity contribution >= 4 is 0 Å². The number of rotatable bonds is 5. The van der Waals surface area contributed by atoms with Crippen molar-refractivity contribution in [3.8, 4) is 0 Å². The summed E-state index contributed by atoms with van der Waals surface area (Å²) in [4.78, 5) is 0. The molecule has 0 saturated heterocycles. The molecule has 0 bridgehead atoms. The van der Waals surface area contributed by atoms with Gasteiger partial charge in [0.25, 0.3) is 0 Å². The Bertz CT molecular complexity index is 149. The van der Waals surface area contributed by atoms with Gasteiger partial charge in [0.1, 0.15) is 0 Å². The van der Waals surface area contributed by atoms with Crippen LogP contribution in [0.5, 0.6) is 0 Å². The van der Waals surface area contributed by atoms with Crippen molar-refractivity contribution in [1.82, 2.24) is 5.32 Å². The second-order valence-corrected chi connectivity index (χ2v) is 4.76. The van der Waals surface area contributed by atoms with Crippen LogP contribution in [0.3, 0.4) is 0 Å². The lowest BCUT2D eigenvalue weighted by Crippen LogP contribution is -2.43. The van der Waals surface area contributed by atoms with E-state index >= 15 is 0 Å². The third kappa shape index (κ3) is 3.97. The van der Waals surface area contributed by atoms with Crippen LogP contribution < -0.4 is 5.32 Å². The largest absolute Gasteiger partial charge is 0.392 e. The van der Waals surface area contributed by atoms with Crippen LogP contribution in [0.2, 0.25) is 0 Å². The lowest BCUT2D eigenvalue weighted by Gasteiger charge is -2.29. The van der Waals surface area contributed by atoms with Gasteiger partial charge in [-0.05, 0) is 31.7 Å². The van der Waals surface area contributed by atoms with Gasteiger partial charge in [-0.2, -0.15) is 0 Å². The van der Waals surface area contributed by atoms with Crippen molar-refractivity contribution in [1.29, 1.82) is 0 Å². The molecule has 1 fully saturated rings. The molecule has 14 heavy (non-hydrogen) atoms. The molecular weight excluding hydrogens is 174 g/mol. The predicted octanol–water partition coefficient (Wildman–Crippen LogP) is 2.32. The van der Waals surface area contributed by atoms with E-state index in [-0.39, 0.29) is 6.10 Å². The Morgan fingerprint density at radius 1 is 1.36 bits per heavy atom. The highest BCUT2D eigenvalue weighted by Gasteiger charge is 2.22. The summed E-state index contributed by atoms with van der Waals surface area (Å²) in [6, 6.07) is 0.364. The molecule has 0 aromatic rings. The molecule has 0 radical (unpaired) electrons. The SMILES string of the molecule is CCC[C@H](C)CN[C@H]1CCCC[C@@H]1O. The first-order valence-corrected chi connectivity index (χ1v) is 6.15. The maximum atomic E-state index is 9.75. The average Bonchev–Trinajstić information content (AvgIpc) is 2.17. The quantitative estimate of drug-likeness (QED) is 0.712. The fourth-order valence-electron chi connectivity index (χ4n) is 2.30. The van der Waals surface area contributed by atoms with Crippen molar-refractivity contribution in [2.45, 2.75) is 64.5 Å². The van der Waals surface area contributed by atoms with Gasteiger partial charge in [-0.15, -0.1) is 0 Å². The van der Waals surface area contributed by atoms with Gasteiger partial charge >= 0.3 is 0 Å². The van der Waals surface area contributed by atoms with Crippen LogP contribution in [0.4, 0.5) is 0 Å². The van der Waals surface area contributed by atoms with Gasteiger partial charge in [-0.3, -0.25) is 0 Å². The minimum Gasteiger partial charge on any atom is -0.392 e. The lowest BCUT2D eigenvalue weighted by molar-refractivity contribution is 0.0890. The van der Waals surface area contributed by atoms with Gasteiger partial charge < -0.3 is 10.4 Å². The number of aliphatic hydroxyl groups is 1. The Hall–Kier alpha value is -0.0800. The summed E-state index contributed by atoms with van der Waals surface area (Å²) in [6.45, 7) is 5.58. The minimum atomic E-state index is -0.0995. The zero-order chi connectivity index (χ0) is 10.4. The molecule has 2 nitrogen and oxygen atoms in total. The minimum absolute atomic E-state index is 0.0995. The molecule has 0 aromatic carbocycles. The molecule has 0 heterocycles. The predicted molar refractivity (Wildman–Crippen MR) is 60.3 cm³/mol. The molecule has 2 heteroatoms. The first-order chi connectivity index (χ1) is 6.74. The molecule has 0 unspecified atom stereocenters. The van der Waals surface area contributed by atoms with Crippen LogP contribution in [0, 0.1) is 5.92 Å². The Labute approximate surface area is 88.1 Å². The Kier molecular flexibility index (Phi) is 5.49. The van der Waals surface area contributed by atoms with Crippen molar-refractivity contribution in [3.05, 3.63) is 0 Å². The number of aliphatic hydroxyl groups excluding tert-OH is 1. The van der Waals surface area contributed by atoms with Crippen LogP contribution in [0.15, 0.2) is 0 Å². The summed E-state index contributed by atoms with van der Waals surface area (Å²) in [5.74, 6) is 0.745. The van der Waals surface area contributed by atoms with E-state index < -0.39 is 0 Å². The monoisotopic (exact) mass is 199 g/mol. The summed E-state index contributed by atoms with van der Waals surface area (Å²) < 4.78 is 0. The second-order valence-electron chi connectivity index (χ2n) is 4.76. The number of hydrogen-bond acceptors (Lipinski definition) is 2. The van der Waals surface area contributed by atoms with E-state index in [9.17, 15) is 5.11 Å². The van der Waals surface area contributed by atoms with Crippen LogP contribution >= 0.6 is 0 Å². The smallest absolute Gasteiger partial charge is 0.0693 e. The maximum absolute atomic E-state index is 9.75. The highest BCUT2D eigenvalue weighted by molar-refractivity contribution is 4.80. The first-order valence-electron chi connectivity index (χ1n) is 6.15. The summed E-state index contributed by atoms with van der Waals surface area (Å²) in [7, 11) is 0. The number of nitrogens with one attached hydrogen (secondary N) is 1. The van der Waals surface area contributed by atoms with Gasteiger partial charge in [0.15, 0.2) is 0 Å². The van der Waals surface area contributed by atoms with Gasteiger partial charge in [-0.1, -0.05) is 33.1 Å². The van der Waals surface area contributed by atoms with E-state index in [1.165, 1.54) is 25.7 Å². The summed E-state index contributed by atoms with van der Waals surface area (Å²) in [5, 5.41) is 13.3. The van der Waals surface area contributed by atoms with Crippen LogP contribution in [0.25, 0.3) is 0 Å². The molecule has 1 aliphatic rings. The third-order valence-electron chi connectivity index (χ3n) is 3.24.